The Bertz CT molecular complexity index is 1130. The maximum atomic E-state index is 12.2. The van der Waals surface area contributed by atoms with E-state index in [1.165, 1.54) is 30.0 Å². The summed E-state index contributed by atoms with van der Waals surface area (Å²) < 4.78 is 6.06. The summed E-state index contributed by atoms with van der Waals surface area (Å²) in [7, 11) is 1.63. The molecule has 2 aromatic carbocycles. The van der Waals surface area contributed by atoms with Crippen molar-refractivity contribution in [3.63, 3.8) is 0 Å². The van der Waals surface area contributed by atoms with Gasteiger partial charge >= 0.3 is 0 Å². The molecule has 0 saturated carbocycles. The Balaban J connectivity index is 1.38. The van der Waals surface area contributed by atoms with E-state index < -0.39 is 0 Å². The molecule has 3 rings (SSSR count). The number of methoxy groups -OCH3 is 1. The predicted molar refractivity (Wildman–Crippen MR) is 136 cm³/mol. The highest BCUT2D eigenvalue weighted by Gasteiger charge is 2.11. The molecule has 0 spiro atoms. The number of ether oxygens (including phenoxy) is 1. The zero-order valence-electron chi connectivity index (χ0n) is 18.9. The van der Waals surface area contributed by atoms with Crippen molar-refractivity contribution < 1.29 is 19.1 Å². The van der Waals surface area contributed by atoms with Crippen molar-refractivity contribution in [2.45, 2.75) is 24.1 Å². The smallest absolute Gasteiger partial charge is 0.234 e. The minimum Gasteiger partial charge on any atom is -0.496 e. The molecule has 0 fully saturated rings. The topological polar surface area (TPSA) is 109 Å². The second-order valence-electron chi connectivity index (χ2n) is 7.29. The van der Waals surface area contributed by atoms with Crippen LogP contribution < -0.4 is 20.7 Å². The molecule has 0 saturated heterocycles. The molecule has 0 aliphatic rings. The Labute approximate surface area is 206 Å². The van der Waals surface area contributed by atoms with Crippen LogP contribution in [0, 0.1) is 0 Å². The first-order chi connectivity index (χ1) is 16.4. The molecule has 10 heteroatoms. The number of amides is 3. The molecular weight excluding hydrogens is 472 g/mol. The van der Waals surface area contributed by atoms with Gasteiger partial charge in [-0.1, -0.05) is 30.0 Å². The molecule has 34 heavy (non-hydrogen) atoms. The third-order valence-electron chi connectivity index (χ3n) is 4.60. The Morgan fingerprint density at radius 1 is 1.00 bits per heavy atom. The number of carbonyl (C=O) groups is 3. The molecule has 0 radical (unpaired) electrons. The predicted octanol–water partition coefficient (Wildman–Crippen LogP) is 3.74. The van der Waals surface area contributed by atoms with Crippen LogP contribution in [0.3, 0.4) is 0 Å². The number of benzene rings is 2. The lowest BCUT2D eigenvalue weighted by Crippen LogP contribution is -2.27. The fraction of sp³-hybridized carbons (Fsp3) is 0.250. The summed E-state index contributed by atoms with van der Waals surface area (Å²) in [5, 5.41) is 10.2. The summed E-state index contributed by atoms with van der Waals surface area (Å²) in [4.78, 5) is 40.0. The second kappa shape index (κ2) is 12.8. The van der Waals surface area contributed by atoms with Crippen molar-refractivity contribution >= 4 is 52.2 Å². The monoisotopic (exact) mass is 498 g/mol. The molecule has 0 unspecified atom stereocenters. The quantitative estimate of drug-likeness (QED) is 0.348. The van der Waals surface area contributed by atoms with Gasteiger partial charge in [-0.3, -0.25) is 14.4 Å². The van der Waals surface area contributed by atoms with Gasteiger partial charge < -0.3 is 20.7 Å². The Morgan fingerprint density at radius 3 is 2.41 bits per heavy atom. The van der Waals surface area contributed by atoms with E-state index in [2.05, 4.69) is 20.9 Å². The lowest BCUT2D eigenvalue weighted by Gasteiger charge is -2.08. The van der Waals surface area contributed by atoms with Gasteiger partial charge in [0, 0.05) is 30.2 Å². The minimum absolute atomic E-state index is 0.0998. The van der Waals surface area contributed by atoms with Gasteiger partial charge in [-0.05, 0) is 42.3 Å². The number of aromatic nitrogens is 1. The Hall–Kier alpha value is -3.37. The summed E-state index contributed by atoms with van der Waals surface area (Å²) in [6.07, 6.45) is 0.870. The lowest BCUT2D eigenvalue weighted by molar-refractivity contribution is -0.120. The van der Waals surface area contributed by atoms with E-state index in [4.69, 9.17) is 4.74 Å². The van der Waals surface area contributed by atoms with Crippen LogP contribution in [0.4, 0.5) is 11.4 Å². The molecule has 1 heterocycles. The number of nitrogens with zero attached hydrogens (tertiary/aromatic N) is 1. The Kier molecular flexibility index (Phi) is 9.48. The minimum atomic E-state index is -0.164. The van der Waals surface area contributed by atoms with Crippen LogP contribution in [0.1, 0.15) is 18.2 Å². The average molecular weight is 499 g/mol. The third-order valence-corrected chi connectivity index (χ3v) is 6.67. The number of nitrogens with one attached hydrogen (secondary N) is 3. The first-order valence-electron chi connectivity index (χ1n) is 10.6. The first-order valence-corrected chi connectivity index (χ1v) is 12.4. The number of thioether (sulfide) groups is 1. The van der Waals surface area contributed by atoms with Crippen molar-refractivity contribution in [1.82, 2.24) is 10.3 Å². The van der Waals surface area contributed by atoms with Crippen molar-refractivity contribution in [2.24, 2.45) is 0 Å². The van der Waals surface area contributed by atoms with Crippen LogP contribution in [0.2, 0.25) is 0 Å². The zero-order chi connectivity index (χ0) is 24.3. The maximum Gasteiger partial charge on any atom is 0.234 e. The molecule has 0 aliphatic heterocycles. The molecule has 1 aromatic heterocycles. The van der Waals surface area contributed by atoms with E-state index >= 15 is 0 Å². The summed E-state index contributed by atoms with van der Waals surface area (Å²) in [6.45, 7) is 1.95. The number of anilines is 2. The van der Waals surface area contributed by atoms with Crippen LogP contribution >= 0.6 is 23.1 Å². The molecule has 0 bridgehead atoms. The highest BCUT2D eigenvalue weighted by atomic mass is 32.2. The van der Waals surface area contributed by atoms with E-state index in [-0.39, 0.29) is 29.9 Å². The number of hydrogen-bond donors (Lipinski definition) is 3. The first kappa shape index (κ1) is 25.3. The molecule has 3 aromatic rings. The maximum absolute atomic E-state index is 12.2. The normalized spacial score (nSPS) is 10.4. The molecule has 3 N–H and O–H groups in total. The average Bonchev–Trinajstić information content (AvgIpc) is 3.26. The van der Waals surface area contributed by atoms with Gasteiger partial charge in [-0.2, -0.15) is 0 Å². The zero-order valence-corrected chi connectivity index (χ0v) is 20.6. The number of rotatable bonds is 11. The number of hydrogen-bond acceptors (Lipinski definition) is 7. The SMILES string of the molecule is COc1ccccc1CCNC(=O)Cc1csc(SCC(=O)Nc2ccc(NC(C)=O)cc2)n1. The van der Waals surface area contributed by atoms with Crippen LogP contribution in [-0.4, -0.2) is 42.1 Å². The summed E-state index contributed by atoms with van der Waals surface area (Å²) >= 11 is 2.73. The van der Waals surface area contributed by atoms with Crippen LogP contribution in [0.15, 0.2) is 58.3 Å². The standard InChI is InChI=1S/C24H26N4O4S2/c1-16(29)26-18-7-9-19(10-8-18)27-23(31)15-34-24-28-20(14-33-24)13-22(30)25-12-11-17-5-3-4-6-21(17)32-2/h3-10,14H,11-13,15H2,1-2H3,(H,25,30)(H,26,29)(H,27,31). The summed E-state index contributed by atoms with van der Waals surface area (Å²) in [6, 6.07) is 14.6. The van der Waals surface area contributed by atoms with Gasteiger partial charge in [0.1, 0.15) is 5.75 Å². The van der Waals surface area contributed by atoms with Crippen molar-refractivity contribution in [3.05, 3.63) is 65.2 Å². The van der Waals surface area contributed by atoms with Gasteiger partial charge in [0.05, 0.1) is 25.0 Å². The number of thiazole rings is 1. The molecule has 0 atom stereocenters. The highest BCUT2D eigenvalue weighted by Crippen LogP contribution is 2.23. The summed E-state index contributed by atoms with van der Waals surface area (Å²) in [5.74, 6) is 0.594. The van der Waals surface area contributed by atoms with Gasteiger partial charge in [-0.15, -0.1) is 11.3 Å². The van der Waals surface area contributed by atoms with Crippen LogP contribution in [0.25, 0.3) is 0 Å². The molecule has 3 amide bonds. The van der Waals surface area contributed by atoms with Crippen LogP contribution in [0.5, 0.6) is 5.75 Å². The van der Waals surface area contributed by atoms with Crippen molar-refractivity contribution in [3.8, 4) is 5.75 Å². The van der Waals surface area contributed by atoms with Gasteiger partial charge in [0.25, 0.3) is 0 Å². The highest BCUT2D eigenvalue weighted by molar-refractivity contribution is 8.01. The fourth-order valence-corrected chi connectivity index (χ4v) is 4.72. The van der Waals surface area contributed by atoms with E-state index in [1.54, 1.807) is 31.4 Å². The van der Waals surface area contributed by atoms with E-state index in [0.29, 0.717) is 30.0 Å². The number of carbonyl (C=O) groups excluding carboxylic acids is 3. The molecular formula is C24H26N4O4S2. The van der Waals surface area contributed by atoms with E-state index in [1.807, 2.05) is 29.6 Å². The van der Waals surface area contributed by atoms with Gasteiger partial charge in [0.15, 0.2) is 4.34 Å². The molecule has 178 valence electrons. The van der Waals surface area contributed by atoms with E-state index in [0.717, 1.165) is 15.7 Å². The van der Waals surface area contributed by atoms with Gasteiger partial charge in [-0.25, -0.2) is 4.98 Å². The van der Waals surface area contributed by atoms with Crippen molar-refractivity contribution in [2.75, 3.05) is 30.0 Å². The van der Waals surface area contributed by atoms with E-state index in [9.17, 15) is 14.4 Å². The largest absolute Gasteiger partial charge is 0.496 e. The third kappa shape index (κ3) is 8.20. The molecule has 8 nitrogen and oxygen atoms in total. The van der Waals surface area contributed by atoms with Gasteiger partial charge in [0.2, 0.25) is 17.7 Å². The summed E-state index contributed by atoms with van der Waals surface area (Å²) in [5.41, 5.74) is 3.03. The second-order valence-corrected chi connectivity index (χ2v) is 9.37. The lowest BCUT2D eigenvalue weighted by atomic mass is 10.1. The van der Waals surface area contributed by atoms with Crippen LogP contribution in [-0.2, 0) is 27.2 Å². The van der Waals surface area contributed by atoms with Crippen molar-refractivity contribution in [1.29, 1.82) is 0 Å². The molecule has 0 aliphatic carbocycles. The fourth-order valence-electron chi connectivity index (χ4n) is 3.07. The number of para-hydroxylation sites is 1. The Morgan fingerprint density at radius 2 is 1.71 bits per heavy atom.